The van der Waals surface area contributed by atoms with Gasteiger partial charge >= 0.3 is 0 Å². The molecule has 0 spiro atoms. The highest BCUT2D eigenvalue weighted by Crippen LogP contribution is 2.49. The molecule has 20 heavy (non-hydrogen) atoms. The monoisotopic (exact) mass is 290 g/mol. The van der Waals surface area contributed by atoms with Gasteiger partial charge in [-0.1, -0.05) is 30.7 Å². The number of benzene rings is 2. The Bertz CT molecular complexity index is 637. The third-order valence-electron chi connectivity index (χ3n) is 3.71. The molecule has 0 saturated carbocycles. The lowest BCUT2D eigenvalue weighted by molar-refractivity contribution is 0.215. The maximum absolute atomic E-state index is 9.89. The Hall–Kier alpha value is -1.87. The average Bonchev–Trinajstić information content (AvgIpc) is 2.76. The maximum Gasteiger partial charge on any atom is 0.164 e. The van der Waals surface area contributed by atoms with E-state index in [0.29, 0.717) is 10.8 Å². The Morgan fingerprint density at radius 1 is 1.20 bits per heavy atom. The zero-order valence-electron chi connectivity index (χ0n) is 11.3. The number of phenols is 1. The lowest BCUT2D eigenvalue weighted by Gasteiger charge is -2.15. The number of methoxy groups -OCH3 is 1. The van der Waals surface area contributed by atoms with Crippen LogP contribution in [0.3, 0.4) is 0 Å². The Labute approximate surface area is 122 Å². The van der Waals surface area contributed by atoms with Crippen molar-refractivity contribution in [3.05, 3.63) is 52.5 Å². The summed E-state index contributed by atoms with van der Waals surface area (Å²) < 4.78 is 11.1. The molecule has 4 heteroatoms. The minimum atomic E-state index is -0.0752. The van der Waals surface area contributed by atoms with Crippen LogP contribution in [0.25, 0.3) is 0 Å². The first-order valence-corrected chi connectivity index (χ1v) is 6.81. The first-order valence-electron chi connectivity index (χ1n) is 6.43. The predicted octanol–water partition coefficient (Wildman–Crippen LogP) is 4.29. The van der Waals surface area contributed by atoms with Gasteiger partial charge in [0.25, 0.3) is 0 Å². The zero-order chi connectivity index (χ0) is 14.3. The molecule has 2 aromatic carbocycles. The van der Waals surface area contributed by atoms with E-state index >= 15 is 0 Å². The molecule has 1 unspecified atom stereocenters. The number of ether oxygens (including phenoxy) is 2. The van der Waals surface area contributed by atoms with Gasteiger partial charge in [-0.2, -0.15) is 0 Å². The number of hydrogen-bond donors (Lipinski definition) is 1. The van der Waals surface area contributed by atoms with Crippen molar-refractivity contribution in [1.29, 1.82) is 0 Å². The summed E-state index contributed by atoms with van der Waals surface area (Å²) in [7, 11) is 1.52. The summed E-state index contributed by atoms with van der Waals surface area (Å²) in [5, 5.41) is 10.6. The number of aromatic hydroxyl groups is 1. The van der Waals surface area contributed by atoms with Crippen LogP contribution in [-0.2, 0) is 0 Å². The number of hydrogen-bond acceptors (Lipinski definition) is 3. The van der Waals surface area contributed by atoms with Crippen molar-refractivity contribution in [3.63, 3.8) is 0 Å². The van der Waals surface area contributed by atoms with Crippen molar-refractivity contribution >= 4 is 11.6 Å². The first-order chi connectivity index (χ1) is 9.60. The van der Waals surface area contributed by atoms with Crippen LogP contribution >= 0.6 is 11.6 Å². The van der Waals surface area contributed by atoms with E-state index in [1.54, 1.807) is 12.1 Å². The zero-order valence-corrected chi connectivity index (χ0v) is 12.0. The fourth-order valence-corrected chi connectivity index (χ4v) is 2.72. The van der Waals surface area contributed by atoms with Gasteiger partial charge < -0.3 is 14.6 Å². The minimum absolute atomic E-state index is 0.0752. The van der Waals surface area contributed by atoms with Crippen LogP contribution in [0, 0.1) is 0 Å². The fraction of sp³-hybridized carbons (Fsp3) is 0.250. The highest BCUT2D eigenvalue weighted by atomic mass is 35.5. The highest BCUT2D eigenvalue weighted by Gasteiger charge is 2.33. The molecular weight excluding hydrogens is 276 g/mol. The Balaban J connectivity index is 1.97. The first kappa shape index (κ1) is 13.1. The van der Waals surface area contributed by atoms with Gasteiger partial charge in [-0.3, -0.25) is 0 Å². The number of phenolic OH excluding ortho intramolecular Hbond substituents is 1. The van der Waals surface area contributed by atoms with Gasteiger partial charge in [-0.05, 0) is 23.8 Å². The van der Waals surface area contributed by atoms with Gasteiger partial charge in [0.1, 0.15) is 11.9 Å². The predicted molar refractivity (Wildman–Crippen MR) is 77.9 cm³/mol. The molecule has 0 radical (unpaired) electrons. The molecule has 0 fully saturated rings. The smallest absolute Gasteiger partial charge is 0.164 e. The molecular formula is C16H15ClO3. The molecule has 1 heterocycles. The summed E-state index contributed by atoms with van der Waals surface area (Å²) in [5.41, 5.74) is 2.06. The maximum atomic E-state index is 9.89. The molecule has 0 saturated heterocycles. The number of halogens is 1. The Morgan fingerprint density at radius 2 is 1.90 bits per heavy atom. The van der Waals surface area contributed by atoms with Crippen LogP contribution in [0.15, 0.2) is 36.4 Å². The summed E-state index contributed by atoms with van der Waals surface area (Å²) in [6.45, 7) is 2.08. The summed E-state index contributed by atoms with van der Waals surface area (Å²) >= 11 is 5.91. The van der Waals surface area contributed by atoms with Gasteiger partial charge in [0, 0.05) is 22.6 Å². The second-order valence-electron chi connectivity index (χ2n) is 4.94. The second kappa shape index (κ2) is 4.91. The molecule has 1 aliphatic rings. The van der Waals surface area contributed by atoms with E-state index < -0.39 is 0 Å². The van der Waals surface area contributed by atoms with Crippen molar-refractivity contribution < 1.29 is 14.6 Å². The van der Waals surface area contributed by atoms with Gasteiger partial charge in [0.2, 0.25) is 0 Å². The van der Waals surface area contributed by atoms with Crippen LogP contribution in [0.2, 0.25) is 5.02 Å². The minimum Gasteiger partial charge on any atom is -0.504 e. The van der Waals surface area contributed by atoms with Gasteiger partial charge in [-0.15, -0.1) is 0 Å². The van der Waals surface area contributed by atoms with Crippen molar-refractivity contribution in [2.45, 2.75) is 18.9 Å². The van der Waals surface area contributed by atoms with Crippen LogP contribution < -0.4 is 9.47 Å². The van der Waals surface area contributed by atoms with Gasteiger partial charge in [0.15, 0.2) is 11.5 Å². The van der Waals surface area contributed by atoms with Crippen LogP contribution in [0.5, 0.6) is 17.2 Å². The quantitative estimate of drug-likeness (QED) is 0.896. The van der Waals surface area contributed by atoms with E-state index in [1.165, 1.54) is 7.11 Å². The largest absolute Gasteiger partial charge is 0.504 e. The third kappa shape index (κ3) is 2.08. The Kier molecular flexibility index (Phi) is 3.22. The van der Waals surface area contributed by atoms with Crippen molar-refractivity contribution in [1.82, 2.24) is 0 Å². The third-order valence-corrected chi connectivity index (χ3v) is 3.96. The molecule has 1 N–H and O–H groups in total. The van der Waals surface area contributed by atoms with Crippen LogP contribution in [0.1, 0.15) is 30.1 Å². The molecule has 0 amide bonds. The summed E-state index contributed by atoms with van der Waals surface area (Å²) in [5.74, 6) is 1.47. The van der Waals surface area contributed by atoms with Crippen molar-refractivity contribution in [2.75, 3.05) is 7.11 Å². The summed E-state index contributed by atoms with van der Waals surface area (Å²) in [6.07, 6.45) is -0.0752. The molecule has 3 nitrogen and oxygen atoms in total. The van der Waals surface area contributed by atoms with Crippen molar-refractivity contribution in [2.24, 2.45) is 0 Å². The molecule has 104 valence electrons. The van der Waals surface area contributed by atoms with E-state index in [-0.39, 0.29) is 17.8 Å². The van der Waals surface area contributed by atoms with Gasteiger partial charge in [-0.25, -0.2) is 0 Å². The Morgan fingerprint density at radius 3 is 2.55 bits per heavy atom. The van der Waals surface area contributed by atoms with Crippen LogP contribution in [-0.4, -0.2) is 12.2 Å². The molecule has 3 rings (SSSR count). The van der Waals surface area contributed by atoms with E-state index in [1.807, 2.05) is 24.3 Å². The van der Waals surface area contributed by atoms with E-state index in [2.05, 4.69) is 6.92 Å². The molecule has 2 atom stereocenters. The summed E-state index contributed by atoms with van der Waals surface area (Å²) in [4.78, 5) is 0. The van der Waals surface area contributed by atoms with E-state index in [9.17, 15) is 5.11 Å². The summed E-state index contributed by atoms with van der Waals surface area (Å²) in [6, 6.07) is 11.1. The topological polar surface area (TPSA) is 38.7 Å². The number of fused-ring (bicyclic) bond motifs is 1. The molecule has 1 aliphatic heterocycles. The second-order valence-corrected chi connectivity index (χ2v) is 5.38. The van der Waals surface area contributed by atoms with Gasteiger partial charge in [0.05, 0.1) is 7.11 Å². The molecule has 0 bridgehead atoms. The van der Waals surface area contributed by atoms with E-state index in [0.717, 1.165) is 16.9 Å². The number of rotatable bonds is 2. The lowest BCUT2D eigenvalue weighted by Crippen LogP contribution is -2.06. The fourth-order valence-electron chi connectivity index (χ4n) is 2.60. The van der Waals surface area contributed by atoms with Crippen molar-refractivity contribution in [3.8, 4) is 17.2 Å². The molecule has 0 aromatic heterocycles. The SMILES string of the molecule is COc1cc2c(cc1O)C(C)[C@H](c1ccc(Cl)cc1)O2. The normalized spacial score (nSPS) is 20.4. The molecule has 0 aliphatic carbocycles. The van der Waals surface area contributed by atoms with Crippen LogP contribution in [0.4, 0.5) is 0 Å². The lowest BCUT2D eigenvalue weighted by atomic mass is 9.93. The standard InChI is InChI=1S/C16H15ClO3/c1-9-12-7-13(18)15(19-2)8-14(12)20-16(9)10-3-5-11(17)6-4-10/h3-9,16,18H,1-2H3/t9?,16-/m1/s1. The average molecular weight is 291 g/mol. The molecule has 2 aromatic rings. The van der Waals surface area contributed by atoms with E-state index in [4.69, 9.17) is 21.1 Å². The highest BCUT2D eigenvalue weighted by molar-refractivity contribution is 6.30.